The molecule has 0 bridgehead atoms. The van der Waals surface area contributed by atoms with Crippen LogP contribution >= 0.6 is 11.3 Å². The lowest BCUT2D eigenvalue weighted by molar-refractivity contribution is -0.126. The Hall–Kier alpha value is -3.09. The molecule has 0 spiro atoms. The number of aromatic nitrogens is 3. The van der Waals surface area contributed by atoms with Crippen molar-refractivity contribution >= 4 is 28.3 Å². The van der Waals surface area contributed by atoms with Crippen LogP contribution in [0.1, 0.15) is 43.4 Å². The topological polar surface area (TPSA) is 124 Å². The Kier molecular flexibility index (Phi) is 7.63. The Morgan fingerprint density at radius 1 is 1.29 bits per heavy atom. The lowest BCUT2D eigenvalue weighted by Crippen LogP contribution is -2.51. The second kappa shape index (κ2) is 10.7. The molecule has 35 heavy (non-hydrogen) atoms. The van der Waals surface area contributed by atoms with Gasteiger partial charge in [0.2, 0.25) is 10.9 Å². The zero-order chi connectivity index (χ0) is 25.0. The van der Waals surface area contributed by atoms with Gasteiger partial charge in [-0.1, -0.05) is 30.3 Å². The van der Waals surface area contributed by atoms with Gasteiger partial charge >= 0.3 is 6.09 Å². The van der Waals surface area contributed by atoms with Crippen molar-refractivity contribution in [1.82, 2.24) is 24.8 Å². The zero-order valence-electron chi connectivity index (χ0n) is 19.6. The molecule has 3 N–H and O–H groups in total. The molecular formula is C23H29FN6O4S. The molecule has 0 aliphatic carbocycles. The Morgan fingerprint density at radius 2 is 2.06 bits per heavy atom. The van der Waals surface area contributed by atoms with Gasteiger partial charge < -0.3 is 25.4 Å². The van der Waals surface area contributed by atoms with Crippen molar-refractivity contribution in [2.75, 3.05) is 19.7 Å². The molecule has 2 aromatic heterocycles. The highest BCUT2D eigenvalue weighted by Gasteiger charge is 2.30. The van der Waals surface area contributed by atoms with E-state index in [2.05, 4.69) is 15.5 Å². The fraction of sp³-hybridized carbons (Fsp3) is 0.478. The number of hydrogen-bond acceptors (Lipinski definition) is 8. The van der Waals surface area contributed by atoms with E-state index in [1.807, 2.05) is 30.3 Å². The number of nitrogens with zero attached hydrogens (tertiary/aromatic N) is 4. The first kappa shape index (κ1) is 25.0. The number of thiazole rings is 1. The van der Waals surface area contributed by atoms with E-state index in [1.165, 1.54) is 16.2 Å². The fourth-order valence-corrected chi connectivity index (χ4v) is 4.45. The number of ether oxygens (including phenoxy) is 2. The highest BCUT2D eigenvalue weighted by molar-refractivity contribution is 7.15. The molecular weight excluding hydrogens is 475 g/mol. The van der Waals surface area contributed by atoms with Crippen LogP contribution in [0, 0.1) is 0 Å². The first-order valence-corrected chi connectivity index (χ1v) is 12.2. The average molecular weight is 505 g/mol. The monoisotopic (exact) mass is 504 g/mol. The SMILES string of the molecule is CC(C)(N)C(=O)N[C@H](COCc1ccccc1)c1nnc2scc(COC(=O)N3CC[C@H](F)C3)n12. The summed E-state index contributed by atoms with van der Waals surface area (Å²) in [6, 6.07) is 9.01. The molecule has 1 aliphatic heterocycles. The molecule has 1 fully saturated rings. The largest absolute Gasteiger partial charge is 0.443 e. The Labute approximate surface area is 206 Å². The van der Waals surface area contributed by atoms with Crippen molar-refractivity contribution in [2.24, 2.45) is 5.73 Å². The standard InChI is InChI=1S/C23H29FN6O4S/c1-23(2,25)20(31)26-18(13-33-11-15-6-4-3-5-7-15)19-27-28-21-30(19)17(14-35-21)12-34-22(32)29-9-8-16(24)10-29/h3-7,14,16,18H,8-13,25H2,1-2H3,(H,26,31)/t16-,18+/m0/s1. The van der Waals surface area contributed by atoms with Gasteiger partial charge in [-0.15, -0.1) is 21.5 Å². The Balaban J connectivity index is 1.51. The van der Waals surface area contributed by atoms with E-state index in [-0.39, 0.29) is 25.7 Å². The van der Waals surface area contributed by atoms with Gasteiger partial charge in [0.15, 0.2) is 5.82 Å². The third-order valence-electron chi connectivity index (χ3n) is 5.58. The van der Waals surface area contributed by atoms with Crippen LogP contribution in [0.25, 0.3) is 4.96 Å². The summed E-state index contributed by atoms with van der Waals surface area (Å²) in [6.45, 7) is 4.01. The number of carbonyl (C=O) groups is 2. The first-order chi connectivity index (χ1) is 16.7. The van der Waals surface area contributed by atoms with E-state index in [4.69, 9.17) is 15.2 Å². The van der Waals surface area contributed by atoms with Gasteiger partial charge in [-0.25, -0.2) is 9.18 Å². The van der Waals surface area contributed by atoms with Gasteiger partial charge in [0.25, 0.3) is 0 Å². The molecule has 1 aliphatic rings. The molecule has 0 unspecified atom stereocenters. The number of halogens is 1. The van der Waals surface area contributed by atoms with Crippen LogP contribution in [-0.4, -0.2) is 62.9 Å². The highest BCUT2D eigenvalue weighted by atomic mass is 32.1. The maximum Gasteiger partial charge on any atom is 0.410 e. The molecule has 2 atom stereocenters. The quantitative estimate of drug-likeness (QED) is 0.459. The van der Waals surface area contributed by atoms with Gasteiger partial charge in [-0.2, -0.15) is 0 Å². The summed E-state index contributed by atoms with van der Waals surface area (Å²) in [7, 11) is 0. The van der Waals surface area contributed by atoms with Crippen LogP contribution in [0.3, 0.4) is 0 Å². The predicted molar refractivity (Wildman–Crippen MR) is 127 cm³/mol. The zero-order valence-corrected chi connectivity index (χ0v) is 20.5. The minimum atomic E-state index is -1.11. The van der Waals surface area contributed by atoms with E-state index in [1.54, 1.807) is 23.6 Å². The van der Waals surface area contributed by atoms with Gasteiger partial charge in [-0.05, 0) is 25.8 Å². The molecule has 12 heteroatoms. The smallest absolute Gasteiger partial charge is 0.410 e. The number of nitrogens with two attached hydrogens (primary N) is 1. The van der Waals surface area contributed by atoms with Crippen molar-refractivity contribution in [1.29, 1.82) is 0 Å². The predicted octanol–water partition coefficient (Wildman–Crippen LogP) is 2.58. The number of benzene rings is 1. The molecule has 1 saturated heterocycles. The number of nitrogens with one attached hydrogen (secondary N) is 1. The van der Waals surface area contributed by atoms with Crippen molar-refractivity contribution in [2.45, 2.75) is 51.2 Å². The normalized spacial score (nSPS) is 17.0. The van der Waals surface area contributed by atoms with Crippen LogP contribution in [0.5, 0.6) is 0 Å². The second-order valence-electron chi connectivity index (χ2n) is 9.04. The highest BCUT2D eigenvalue weighted by Crippen LogP contribution is 2.23. The molecule has 0 saturated carbocycles. The Bertz CT molecular complexity index is 1160. The molecule has 4 rings (SSSR count). The first-order valence-electron chi connectivity index (χ1n) is 11.3. The number of amides is 2. The third kappa shape index (κ3) is 6.13. The van der Waals surface area contributed by atoms with Crippen LogP contribution in [0.4, 0.5) is 9.18 Å². The van der Waals surface area contributed by atoms with Gasteiger partial charge in [0, 0.05) is 11.9 Å². The number of fused-ring (bicyclic) bond motifs is 1. The molecule has 188 valence electrons. The fourth-order valence-electron chi connectivity index (χ4n) is 3.63. The summed E-state index contributed by atoms with van der Waals surface area (Å²) in [5.41, 5.74) is 6.50. The van der Waals surface area contributed by atoms with Gasteiger partial charge in [0.1, 0.15) is 18.8 Å². The Morgan fingerprint density at radius 3 is 2.74 bits per heavy atom. The van der Waals surface area contributed by atoms with Crippen molar-refractivity contribution < 1.29 is 23.5 Å². The van der Waals surface area contributed by atoms with Crippen LogP contribution in [0.2, 0.25) is 0 Å². The lowest BCUT2D eigenvalue weighted by atomic mass is 10.1. The van der Waals surface area contributed by atoms with Gasteiger partial charge in [0.05, 0.1) is 31.0 Å². The average Bonchev–Trinajstić information content (AvgIpc) is 3.54. The lowest BCUT2D eigenvalue weighted by Gasteiger charge is -2.23. The van der Waals surface area contributed by atoms with Crippen molar-refractivity contribution in [3.63, 3.8) is 0 Å². The van der Waals surface area contributed by atoms with E-state index in [9.17, 15) is 14.0 Å². The van der Waals surface area contributed by atoms with E-state index in [0.717, 1.165) is 5.56 Å². The number of likely N-dealkylation sites (tertiary alicyclic amines) is 1. The van der Waals surface area contributed by atoms with Crippen LogP contribution < -0.4 is 11.1 Å². The minimum absolute atomic E-state index is 0.0392. The maximum atomic E-state index is 13.4. The summed E-state index contributed by atoms with van der Waals surface area (Å²) in [6.07, 6.45) is -1.28. The van der Waals surface area contributed by atoms with Crippen molar-refractivity contribution in [3.8, 4) is 0 Å². The second-order valence-corrected chi connectivity index (χ2v) is 9.87. The summed E-state index contributed by atoms with van der Waals surface area (Å²) >= 11 is 1.33. The van der Waals surface area contributed by atoms with E-state index in [0.29, 0.717) is 36.1 Å². The number of carbonyl (C=O) groups excluding carboxylic acids is 2. The molecule has 3 aromatic rings. The van der Waals surface area contributed by atoms with Gasteiger partial charge in [-0.3, -0.25) is 9.20 Å². The molecule has 1 aromatic carbocycles. The molecule has 10 nitrogen and oxygen atoms in total. The van der Waals surface area contributed by atoms with E-state index < -0.39 is 23.8 Å². The summed E-state index contributed by atoms with van der Waals surface area (Å²) in [4.78, 5) is 26.9. The number of hydrogen-bond donors (Lipinski definition) is 2. The summed E-state index contributed by atoms with van der Waals surface area (Å²) in [5.74, 6) is 0.0588. The molecule has 3 heterocycles. The summed E-state index contributed by atoms with van der Waals surface area (Å²) in [5, 5.41) is 13.2. The van der Waals surface area contributed by atoms with Crippen LogP contribution in [-0.2, 0) is 27.5 Å². The molecule has 0 radical (unpaired) electrons. The van der Waals surface area contributed by atoms with Crippen LogP contribution in [0.15, 0.2) is 35.7 Å². The third-order valence-corrected chi connectivity index (χ3v) is 6.44. The summed E-state index contributed by atoms with van der Waals surface area (Å²) < 4.78 is 26.5. The number of alkyl halides is 1. The maximum absolute atomic E-state index is 13.4. The van der Waals surface area contributed by atoms with E-state index >= 15 is 0 Å². The van der Waals surface area contributed by atoms with Crippen molar-refractivity contribution in [3.05, 3.63) is 52.8 Å². The molecule has 2 amide bonds. The minimum Gasteiger partial charge on any atom is -0.443 e. The number of rotatable bonds is 9.